The summed E-state index contributed by atoms with van der Waals surface area (Å²) in [4.78, 5) is 24.4. The first kappa shape index (κ1) is 22.8. The maximum Gasteiger partial charge on any atom is 0.510 e. The van der Waals surface area contributed by atoms with E-state index >= 15 is 0 Å². The third-order valence-corrected chi connectivity index (χ3v) is 4.59. The van der Waals surface area contributed by atoms with E-state index in [0.29, 0.717) is 31.7 Å². The quantitative estimate of drug-likeness (QED) is 0.550. The molecular formula is C21H32N2O6. The third-order valence-electron chi connectivity index (χ3n) is 4.59. The first-order chi connectivity index (χ1) is 13.6. The van der Waals surface area contributed by atoms with Crippen LogP contribution < -0.4 is 15.8 Å². The predicted octanol–water partition coefficient (Wildman–Crippen LogP) is 3.15. The maximum absolute atomic E-state index is 12.4. The van der Waals surface area contributed by atoms with Crippen molar-refractivity contribution in [2.45, 2.75) is 58.3 Å². The number of hydrogen-bond acceptors (Lipinski definition) is 7. The van der Waals surface area contributed by atoms with Gasteiger partial charge in [-0.05, 0) is 45.4 Å². The van der Waals surface area contributed by atoms with Crippen molar-refractivity contribution in [3.63, 3.8) is 0 Å². The topological polar surface area (TPSA) is 109 Å². The Morgan fingerprint density at radius 2 is 2.03 bits per heavy atom. The van der Waals surface area contributed by atoms with Gasteiger partial charge in [0.05, 0.1) is 13.7 Å². The fourth-order valence-corrected chi connectivity index (χ4v) is 3.10. The number of hydrogen-bond donors (Lipinski definition) is 2. The Morgan fingerprint density at radius 3 is 2.66 bits per heavy atom. The van der Waals surface area contributed by atoms with Gasteiger partial charge in [-0.25, -0.2) is 9.59 Å². The lowest BCUT2D eigenvalue weighted by Crippen LogP contribution is -2.56. The molecule has 8 nitrogen and oxygen atoms in total. The highest BCUT2D eigenvalue weighted by atomic mass is 16.7. The van der Waals surface area contributed by atoms with E-state index in [1.165, 1.54) is 7.11 Å². The second-order valence-corrected chi connectivity index (χ2v) is 8.40. The Kier molecular flexibility index (Phi) is 7.35. The summed E-state index contributed by atoms with van der Waals surface area (Å²) >= 11 is 0. The molecule has 162 valence electrons. The second kappa shape index (κ2) is 9.35. The maximum atomic E-state index is 12.4. The molecule has 0 heterocycles. The average Bonchev–Trinajstić information content (AvgIpc) is 2.64. The third kappa shape index (κ3) is 6.52. The summed E-state index contributed by atoms with van der Waals surface area (Å²) in [6, 6.07) is 5.80. The van der Waals surface area contributed by atoms with E-state index < -0.39 is 23.6 Å². The Bertz CT molecular complexity index is 730. The number of alkyl carbamates (subject to hydrolysis) is 1. The number of carbonyl (C=O) groups excluding carboxylic acids is 2. The van der Waals surface area contributed by atoms with Crippen LogP contribution in [0.2, 0.25) is 0 Å². The molecular weight excluding hydrogens is 376 g/mol. The van der Waals surface area contributed by atoms with Crippen LogP contribution in [-0.2, 0) is 27.1 Å². The van der Waals surface area contributed by atoms with Crippen LogP contribution in [0.25, 0.3) is 0 Å². The van der Waals surface area contributed by atoms with Gasteiger partial charge in [-0.1, -0.05) is 19.1 Å². The Labute approximate surface area is 172 Å². The van der Waals surface area contributed by atoms with Crippen LogP contribution in [0, 0.1) is 5.92 Å². The number of nitrogens with one attached hydrogen (secondary N) is 1. The first-order valence-corrected chi connectivity index (χ1v) is 9.79. The molecule has 1 aromatic carbocycles. The molecule has 0 unspecified atom stereocenters. The van der Waals surface area contributed by atoms with Crippen molar-refractivity contribution in [3.05, 3.63) is 29.3 Å². The molecule has 3 N–H and O–H groups in total. The molecule has 1 aliphatic rings. The molecule has 0 radical (unpaired) electrons. The van der Waals surface area contributed by atoms with Crippen molar-refractivity contribution in [1.29, 1.82) is 0 Å². The Morgan fingerprint density at radius 1 is 1.31 bits per heavy atom. The van der Waals surface area contributed by atoms with Crippen molar-refractivity contribution >= 4 is 12.2 Å². The van der Waals surface area contributed by atoms with E-state index in [1.807, 2.05) is 25.1 Å². The van der Waals surface area contributed by atoms with E-state index in [9.17, 15) is 9.59 Å². The van der Waals surface area contributed by atoms with E-state index in [1.54, 1.807) is 20.8 Å². The van der Waals surface area contributed by atoms with Crippen molar-refractivity contribution in [2.24, 2.45) is 11.7 Å². The van der Waals surface area contributed by atoms with Gasteiger partial charge in [-0.3, -0.25) is 5.32 Å². The Hall–Kier alpha value is -2.48. The molecule has 0 spiro atoms. The molecule has 0 saturated carbocycles. The van der Waals surface area contributed by atoms with E-state index in [4.69, 9.17) is 19.9 Å². The van der Waals surface area contributed by atoms with Crippen molar-refractivity contribution in [3.8, 4) is 5.75 Å². The number of rotatable bonds is 6. The molecule has 1 amide bonds. The number of carbonyl (C=O) groups is 2. The SMILES string of the molecule is COC(=O)O[C@]1(NC(=O)OC(C)(C)C)CCc2cccc(OC[C@@H](C)CN)c2C1. The summed E-state index contributed by atoms with van der Waals surface area (Å²) in [6.07, 6.45) is -0.327. The molecule has 1 aromatic rings. The van der Waals surface area contributed by atoms with Crippen LogP contribution in [0.15, 0.2) is 18.2 Å². The number of benzene rings is 1. The summed E-state index contributed by atoms with van der Waals surface area (Å²) in [5.74, 6) is 0.886. The number of nitrogens with two attached hydrogens (primary N) is 1. The summed E-state index contributed by atoms with van der Waals surface area (Å²) in [5.41, 5.74) is 5.66. The standard InChI is InChI=1S/C21H32N2O6/c1-14(12-22)13-27-17-8-6-7-15-9-10-21(11-16(15)17,29-19(25)26-5)23-18(24)28-20(2,3)4/h6-8,14H,9-13,22H2,1-5H3,(H,23,24)/t14-,21+/m0/s1. The number of aryl methyl sites for hydroxylation is 1. The largest absolute Gasteiger partial charge is 0.510 e. The van der Waals surface area contributed by atoms with E-state index in [2.05, 4.69) is 10.1 Å². The van der Waals surface area contributed by atoms with Crippen LogP contribution in [0.1, 0.15) is 45.2 Å². The van der Waals surface area contributed by atoms with Gasteiger partial charge in [0.1, 0.15) is 11.4 Å². The molecule has 0 aliphatic heterocycles. The zero-order chi connectivity index (χ0) is 21.7. The molecule has 29 heavy (non-hydrogen) atoms. The zero-order valence-corrected chi connectivity index (χ0v) is 17.9. The molecule has 0 aromatic heterocycles. The molecule has 2 rings (SSSR count). The zero-order valence-electron chi connectivity index (χ0n) is 17.9. The average molecular weight is 408 g/mol. The van der Waals surface area contributed by atoms with Crippen molar-refractivity contribution in [2.75, 3.05) is 20.3 Å². The fourth-order valence-electron chi connectivity index (χ4n) is 3.10. The van der Waals surface area contributed by atoms with Gasteiger partial charge in [-0.2, -0.15) is 0 Å². The monoisotopic (exact) mass is 408 g/mol. The van der Waals surface area contributed by atoms with E-state index in [0.717, 1.165) is 11.1 Å². The molecule has 0 fully saturated rings. The van der Waals surface area contributed by atoms with Gasteiger partial charge in [0.25, 0.3) is 0 Å². The number of amides is 1. The Balaban J connectivity index is 2.29. The second-order valence-electron chi connectivity index (χ2n) is 8.40. The molecule has 0 bridgehead atoms. The first-order valence-electron chi connectivity index (χ1n) is 9.79. The lowest BCUT2D eigenvalue weighted by Gasteiger charge is -2.38. The highest BCUT2D eigenvalue weighted by Crippen LogP contribution is 2.36. The molecule has 8 heteroatoms. The van der Waals surface area contributed by atoms with Crippen LogP contribution in [-0.4, -0.2) is 43.8 Å². The van der Waals surface area contributed by atoms with E-state index in [-0.39, 0.29) is 12.3 Å². The minimum atomic E-state index is -1.29. The van der Waals surface area contributed by atoms with Crippen LogP contribution in [0.4, 0.5) is 9.59 Å². The number of methoxy groups -OCH3 is 1. The van der Waals surface area contributed by atoms with Gasteiger partial charge < -0.3 is 24.7 Å². The summed E-state index contributed by atoms with van der Waals surface area (Å²) in [6.45, 7) is 8.29. The van der Waals surface area contributed by atoms with Crippen LogP contribution in [0.3, 0.4) is 0 Å². The minimum Gasteiger partial charge on any atom is -0.493 e. The summed E-state index contributed by atoms with van der Waals surface area (Å²) in [5, 5.41) is 2.74. The lowest BCUT2D eigenvalue weighted by molar-refractivity contribution is -0.0601. The van der Waals surface area contributed by atoms with Crippen LogP contribution in [0.5, 0.6) is 5.75 Å². The van der Waals surface area contributed by atoms with Crippen molar-refractivity contribution < 1.29 is 28.5 Å². The fraction of sp³-hybridized carbons (Fsp3) is 0.619. The molecule has 0 saturated heterocycles. The highest BCUT2D eigenvalue weighted by molar-refractivity contribution is 5.70. The van der Waals surface area contributed by atoms with Gasteiger partial charge in [0, 0.05) is 24.3 Å². The summed E-state index contributed by atoms with van der Waals surface area (Å²) in [7, 11) is 1.23. The van der Waals surface area contributed by atoms with Gasteiger partial charge >= 0.3 is 12.2 Å². The minimum absolute atomic E-state index is 0.199. The van der Waals surface area contributed by atoms with Gasteiger partial charge in [-0.15, -0.1) is 0 Å². The number of fused-ring (bicyclic) bond motifs is 1. The smallest absolute Gasteiger partial charge is 0.493 e. The highest BCUT2D eigenvalue weighted by Gasteiger charge is 2.42. The summed E-state index contributed by atoms with van der Waals surface area (Å²) < 4.78 is 21.5. The van der Waals surface area contributed by atoms with Crippen LogP contribution >= 0.6 is 0 Å². The van der Waals surface area contributed by atoms with Crippen molar-refractivity contribution in [1.82, 2.24) is 5.32 Å². The predicted molar refractivity (Wildman–Crippen MR) is 108 cm³/mol. The molecule has 2 atom stereocenters. The lowest BCUT2D eigenvalue weighted by atomic mass is 9.85. The van der Waals surface area contributed by atoms with Gasteiger partial charge in [0.15, 0.2) is 5.72 Å². The number of ether oxygens (including phenoxy) is 4. The van der Waals surface area contributed by atoms with Gasteiger partial charge in [0.2, 0.25) is 0 Å². The normalized spacial score (nSPS) is 19.5. The molecule has 1 aliphatic carbocycles.